The summed E-state index contributed by atoms with van der Waals surface area (Å²) in [5.41, 5.74) is 0.709. The molecule has 0 spiro atoms. The Bertz CT molecular complexity index is 467. The van der Waals surface area contributed by atoms with E-state index in [1.807, 2.05) is 24.3 Å². The highest BCUT2D eigenvalue weighted by Gasteiger charge is 2.28. The van der Waals surface area contributed by atoms with E-state index >= 15 is 0 Å². The first-order chi connectivity index (χ1) is 9.06. The average Bonchev–Trinajstić information content (AvgIpc) is 2.39. The molecule has 4 heteroatoms. The Labute approximate surface area is 121 Å². The molecular formula is C15H17BrO3. The van der Waals surface area contributed by atoms with Crippen LogP contribution in [0.1, 0.15) is 42.5 Å². The molecule has 2 rings (SSSR count). The smallest absolute Gasteiger partial charge is 0.306 e. The van der Waals surface area contributed by atoms with Crippen molar-refractivity contribution in [2.45, 2.75) is 32.1 Å². The van der Waals surface area contributed by atoms with Crippen molar-refractivity contribution in [1.82, 2.24) is 0 Å². The van der Waals surface area contributed by atoms with E-state index in [0.29, 0.717) is 18.4 Å². The van der Waals surface area contributed by atoms with Crippen molar-refractivity contribution in [2.24, 2.45) is 11.8 Å². The van der Waals surface area contributed by atoms with Crippen molar-refractivity contribution in [2.75, 3.05) is 0 Å². The van der Waals surface area contributed by atoms with Gasteiger partial charge in [-0.15, -0.1) is 0 Å². The average molecular weight is 325 g/mol. The van der Waals surface area contributed by atoms with Gasteiger partial charge in [0.05, 0.1) is 5.92 Å². The zero-order chi connectivity index (χ0) is 13.8. The maximum absolute atomic E-state index is 12.1. The number of aliphatic carboxylic acids is 1. The van der Waals surface area contributed by atoms with Gasteiger partial charge in [0.15, 0.2) is 5.78 Å². The van der Waals surface area contributed by atoms with Crippen LogP contribution in [0.2, 0.25) is 0 Å². The second-order valence-corrected chi connectivity index (χ2v) is 6.12. The summed E-state index contributed by atoms with van der Waals surface area (Å²) in [6, 6.07) is 7.33. The first-order valence-electron chi connectivity index (χ1n) is 6.58. The zero-order valence-corrected chi connectivity index (χ0v) is 12.2. The number of carboxylic acid groups (broad SMARTS) is 1. The number of ketones is 1. The molecule has 1 aromatic rings. The summed E-state index contributed by atoms with van der Waals surface area (Å²) >= 11 is 3.34. The van der Waals surface area contributed by atoms with Crippen molar-refractivity contribution in [3.8, 4) is 0 Å². The Balaban J connectivity index is 1.95. The fourth-order valence-corrected chi connectivity index (χ4v) is 2.98. The summed E-state index contributed by atoms with van der Waals surface area (Å²) in [4.78, 5) is 23.1. The molecule has 1 saturated carbocycles. The van der Waals surface area contributed by atoms with Crippen LogP contribution in [-0.4, -0.2) is 16.9 Å². The molecule has 0 amide bonds. The van der Waals surface area contributed by atoms with Crippen LogP contribution in [0.15, 0.2) is 28.7 Å². The summed E-state index contributed by atoms with van der Waals surface area (Å²) in [6.07, 6.45) is 3.72. The van der Waals surface area contributed by atoms with Gasteiger partial charge in [-0.3, -0.25) is 9.59 Å². The van der Waals surface area contributed by atoms with Gasteiger partial charge in [-0.1, -0.05) is 34.5 Å². The molecule has 1 fully saturated rings. The SMILES string of the molecule is O=C(CC1CCCC(C(=O)O)C1)c1ccc(Br)cc1. The lowest BCUT2D eigenvalue weighted by Gasteiger charge is -2.26. The molecule has 1 aliphatic rings. The molecule has 19 heavy (non-hydrogen) atoms. The van der Waals surface area contributed by atoms with Gasteiger partial charge >= 0.3 is 5.97 Å². The van der Waals surface area contributed by atoms with E-state index in [0.717, 1.165) is 23.7 Å². The molecule has 1 aliphatic carbocycles. The Morgan fingerprint density at radius 3 is 2.53 bits per heavy atom. The third kappa shape index (κ3) is 3.90. The van der Waals surface area contributed by atoms with Gasteiger partial charge in [0.1, 0.15) is 0 Å². The number of carbonyl (C=O) groups is 2. The predicted molar refractivity (Wildman–Crippen MR) is 76.2 cm³/mol. The maximum atomic E-state index is 12.1. The molecule has 0 bridgehead atoms. The van der Waals surface area contributed by atoms with Crippen molar-refractivity contribution in [1.29, 1.82) is 0 Å². The molecule has 2 unspecified atom stereocenters. The molecule has 3 nitrogen and oxygen atoms in total. The Morgan fingerprint density at radius 2 is 1.89 bits per heavy atom. The highest BCUT2D eigenvalue weighted by molar-refractivity contribution is 9.10. The van der Waals surface area contributed by atoms with E-state index in [-0.39, 0.29) is 17.6 Å². The summed E-state index contributed by atoms with van der Waals surface area (Å²) in [5, 5.41) is 9.05. The van der Waals surface area contributed by atoms with E-state index in [9.17, 15) is 9.59 Å². The Hall–Kier alpha value is -1.16. The number of hydrogen-bond donors (Lipinski definition) is 1. The molecule has 1 N–H and O–H groups in total. The van der Waals surface area contributed by atoms with Crippen LogP contribution >= 0.6 is 15.9 Å². The minimum Gasteiger partial charge on any atom is -0.481 e. The lowest BCUT2D eigenvalue weighted by atomic mass is 9.78. The lowest BCUT2D eigenvalue weighted by Crippen LogP contribution is -2.24. The number of carbonyl (C=O) groups excluding carboxylic acids is 1. The maximum Gasteiger partial charge on any atom is 0.306 e. The summed E-state index contributed by atoms with van der Waals surface area (Å²) in [6.45, 7) is 0. The Morgan fingerprint density at radius 1 is 1.21 bits per heavy atom. The molecule has 0 aromatic heterocycles. The minimum atomic E-state index is -0.721. The predicted octanol–water partition coefficient (Wildman–Crippen LogP) is 3.91. The van der Waals surface area contributed by atoms with Gasteiger partial charge in [-0.05, 0) is 37.3 Å². The van der Waals surface area contributed by atoms with Gasteiger partial charge in [0, 0.05) is 16.5 Å². The zero-order valence-electron chi connectivity index (χ0n) is 10.6. The van der Waals surface area contributed by atoms with E-state index in [2.05, 4.69) is 15.9 Å². The molecule has 2 atom stereocenters. The van der Waals surface area contributed by atoms with Crippen LogP contribution in [0.5, 0.6) is 0 Å². The second kappa shape index (κ2) is 6.33. The van der Waals surface area contributed by atoms with Crippen molar-refractivity contribution in [3.63, 3.8) is 0 Å². The third-order valence-corrected chi connectivity index (χ3v) is 4.30. The summed E-state index contributed by atoms with van der Waals surface area (Å²) in [7, 11) is 0. The van der Waals surface area contributed by atoms with Gasteiger partial charge in [0.2, 0.25) is 0 Å². The number of halogens is 1. The van der Waals surface area contributed by atoms with Crippen molar-refractivity contribution in [3.05, 3.63) is 34.3 Å². The first kappa shape index (κ1) is 14.3. The number of benzene rings is 1. The van der Waals surface area contributed by atoms with Gasteiger partial charge in [-0.2, -0.15) is 0 Å². The van der Waals surface area contributed by atoms with E-state index in [4.69, 9.17) is 5.11 Å². The lowest BCUT2D eigenvalue weighted by molar-refractivity contribution is -0.143. The number of Topliss-reactive ketones (excluding diaryl/α,β-unsaturated/α-hetero) is 1. The number of rotatable bonds is 4. The number of carboxylic acids is 1. The molecule has 102 valence electrons. The summed E-state index contributed by atoms with van der Waals surface area (Å²) in [5.74, 6) is -0.660. The van der Waals surface area contributed by atoms with Crippen molar-refractivity contribution < 1.29 is 14.7 Å². The topological polar surface area (TPSA) is 54.4 Å². The second-order valence-electron chi connectivity index (χ2n) is 5.20. The Kier molecular flexibility index (Phi) is 4.75. The molecule has 1 aromatic carbocycles. The van der Waals surface area contributed by atoms with E-state index in [1.54, 1.807) is 0 Å². The van der Waals surface area contributed by atoms with Gasteiger partial charge < -0.3 is 5.11 Å². The van der Waals surface area contributed by atoms with Gasteiger partial charge in [0.25, 0.3) is 0 Å². The molecular weight excluding hydrogens is 308 g/mol. The van der Waals surface area contributed by atoms with Crippen LogP contribution in [0, 0.1) is 11.8 Å². The fourth-order valence-electron chi connectivity index (χ4n) is 2.72. The molecule has 0 aliphatic heterocycles. The number of hydrogen-bond acceptors (Lipinski definition) is 2. The highest BCUT2D eigenvalue weighted by atomic mass is 79.9. The van der Waals surface area contributed by atoms with Gasteiger partial charge in [-0.25, -0.2) is 0 Å². The normalized spacial score (nSPS) is 23.0. The van der Waals surface area contributed by atoms with Crippen LogP contribution < -0.4 is 0 Å². The standard InChI is InChI=1S/C15H17BrO3/c16-13-6-4-11(5-7-13)14(17)9-10-2-1-3-12(8-10)15(18)19/h4-7,10,12H,1-3,8-9H2,(H,18,19). The molecule has 0 radical (unpaired) electrons. The van der Waals surface area contributed by atoms with E-state index in [1.165, 1.54) is 0 Å². The fraction of sp³-hybridized carbons (Fsp3) is 0.467. The van der Waals surface area contributed by atoms with Crippen LogP contribution in [0.4, 0.5) is 0 Å². The molecule has 0 heterocycles. The van der Waals surface area contributed by atoms with Crippen LogP contribution in [0.25, 0.3) is 0 Å². The van der Waals surface area contributed by atoms with Crippen LogP contribution in [0.3, 0.4) is 0 Å². The quantitative estimate of drug-likeness (QED) is 0.854. The van der Waals surface area contributed by atoms with E-state index < -0.39 is 5.97 Å². The largest absolute Gasteiger partial charge is 0.481 e. The highest BCUT2D eigenvalue weighted by Crippen LogP contribution is 2.32. The first-order valence-corrected chi connectivity index (χ1v) is 7.37. The monoisotopic (exact) mass is 324 g/mol. The van der Waals surface area contributed by atoms with Crippen molar-refractivity contribution >= 4 is 27.7 Å². The third-order valence-electron chi connectivity index (χ3n) is 3.77. The minimum absolute atomic E-state index is 0.114. The summed E-state index contributed by atoms with van der Waals surface area (Å²) < 4.78 is 0.952. The van der Waals surface area contributed by atoms with Crippen LogP contribution in [-0.2, 0) is 4.79 Å². The molecule has 0 saturated heterocycles.